The van der Waals surface area contributed by atoms with E-state index in [9.17, 15) is 4.79 Å². The van der Waals surface area contributed by atoms with Crippen molar-refractivity contribution in [2.24, 2.45) is 0 Å². The highest BCUT2D eigenvalue weighted by molar-refractivity contribution is 7.99. The normalized spacial score (nSPS) is 10.2. The number of aromatic nitrogens is 1. The molecule has 2 heterocycles. The van der Waals surface area contributed by atoms with Crippen molar-refractivity contribution in [3.63, 3.8) is 0 Å². The second-order valence-electron chi connectivity index (χ2n) is 3.04. The van der Waals surface area contributed by atoms with Crippen LogP contribution < -0.4 is 4.74 Å². The molecule has 0 bridgehead atoms. The van der Waals surface area contributed by atoms with Gasteiger partial charge in [0, 0.05) is 6.07 Å². The van der Waals surface area contributed by atoms with Crippen molar-refractivity contribution in [2.45, 2.75) is 10.1 Å². The summed E-state index contributed by atoms with van der Waals surface area (Å²) < 4.78 is 10.1. The summed E-state index contributed by atoms with van der Waals surface area (Å²) in [6.07, 6.45) is 0. The summed E-state index contributed by atoms with van der Waals surface area (Å²) in [5.74, 6) is -0.675. The van der Waals surface area contributed by atoms with Gasteiger partial charge in [0.05, 0.1) is 7.11 Å². The number of hydrogen-bond donors (Lipinski definition) is 1. The molecular weight excluding hydrogens is 242 g/mol. The van der Waals surface area contributed by atoms with Gasteiger partial charge in [-0.2, -0.15) is 0 Å². The highest BCUT2D eigenvalue weighted by atomic mass is 32.2. The zero-order valence-electron chi connectivity index (χ0n) is 8.91. The molecule has 0 aliphatic carbocycles. The van der Waals surface area contributed by atoms with Crippen LogP contribution in [0.3, 0.4) is 0 Å². The number of carboxylic acids is 1. The highest BCUT2D eigenvalue weighted by Crippen LogP contribution is 2.28. The third-order valence-corrected chi connectivity index (χ3v) is 2.76. The first-order chi connectivity index (χ1) is 8.19. The van der Waals surface area contributed by atoms with Gasteiger partial charge in [0.25, 0.3) is 0 Å². The molecule has 5 nitrogen and oxygen atoms in total. The van der Waals surface area contributed by atoms with Crippen LogP contribution in [0.4, 0.5) is 0 Å². The largest absolute Gasteiger partial charge is 0.481 e. The van der Waals surface area contributed by atoms with E-state index in [1.165, 1.54) is 24.9 Å². The van der Waals surface area contributed by atoms with Crippen molar-refractivity contribution in [3.05, 3.63) is 36.1 Å². The SMILES string of the molecule is COc1cccc(Sc2ccc(C(=O)O)o2)n1. The molecule has 2 aromatic heterocycles. The number of hydrogen-bond acceptors (Lipinski definition) is 5. The molecule has 0 atom stereocenters. The minimum Gasteiger partial charge on any atom is -0.481 e. The molecular formula is C11H9NO4S. The molecule has 17 heavy (non-hydrogen) atoms. The van der Waals surface area contributed by atoms with Crippen LogP contribution in [0.25, 0.3) is 0 Å². The Balaban J connectivity index is 2.16. The predicted octanol–water partition coefficient (Wildman–Crippen LogP) is 2.53. The smallest absolute Gasteiger partial charge is 0.371 e. The lowest BCUT2D eigenvalue weighted by Crippen LogP contribution is -1.91. The number of aromatic carboxylic acids is 1. The summed E-state index contributed by atoms with van der Waals surface area (Å²) in [6, 6.07) is 8.32. The number of carboxylic acid groups (broad SMARTS) is 1. The van der Waals surface area contributed by atoms with E-state index in [1.54, 1.807) is 24.3 Å². The van der Waals surface area contributed by atoms with Crippen LogP contribution in [-0.4, -0.2) is 23.2 Å². The Labute approximate surface area is 101 Å². The van der Waals surface area contributed by atoms with E-state index in [0.29, 0.717) is 16.0 Å². The third kappa shape index (κ3) is 2.79. The van der Waals surface area contributed by atoms with Gasteiger partial charge >= 0.3 is 5.97 Å². The lowest BCUT2D eigenvalue weighted by Gasteiger charge is -2.00. The number of methoxy groups -OCH3 is 1. The number of furan rings is 1. The summed E-state index contributed by atoms with van der Waals surface area (Å²) >= 11 is 1.23. The van der Waals surface area contributed by atoms with Crippen molar-refractivity contribution in [3.8, 4) is 5.88 Å². The Kier molecular flexibility index (Phi) is 3.34. The van der Waals surface area contributed by atoms with Gasteiger partial charge in [0.15, 0.2) is 5.09 Å². The van der Waals surface area contributed by atoms with Crippen molar-refractivity contribution in [1.29, 1.82) is 0 Å². The summed E-state index contributed by atoms with van der Waals surface area (Å²) in [5, 5.41) is 9.86. The Morgan fingerprint density at radius 2 is 2.24 bits per heavy atom. The van der Waals surface area contributed by atoms with E-state index in [-0.39, 0.29) is 5.76 Å². The summed E-state index contributed by atoms with van der Waals surface area (Å²) in [7, 11) is 1.53. The first-order valence-electron chi connectivity index (χ1n) is 4.71. The molecule has 0 saturated carbocycles. The number of nitrogens with zero attached hydrogens (tertiary/aromatic N) is 1. The number of carbonyl (C=O) groups is 1. The Hall–Kier alpha value is -1.95. The molecule has 0 saturated heterocycles. The molecule has 0 fully saturated rings. The minimum absolute atomic E-state index is 0.0876. The van der Waals surface area contributed by atoms with Crippen LogP contribution in [0, 0.1) is 0 Å². The van der Waals surface area contributed by atoms with Crippen LogP contribution in [0.5, 0.6) is 5.88 Å². The number of rotatable bonds is 4. The molecule has 0 amide bonds. The molecule has 1 N–H and O–H groups in total. The van der Waals surface area contributed by atoms with Crippen LogP contribution in [0.15, 0.2) is 44.9 Å². The molecule has 2 rings (SSSR count). The van der Waals surface area contributed by atoms with Gasteiger partial charge in [-0.1, -0.05) is 6.07 Å². The standard InChI is InChI=1S/C11H9NO4S/c1-15-8-3-2-4-9(12-8)17-10-6-5-7(16-10)11(13)14/h2-6H,1H3,(H,13,14). The molecule has 2 aromatic rings. The van der Waals surface area contributed by atoms with E-state index in [0.717, 1.165) is 0 Å². The van der Waals surface area contributed by atoms with E-state index in [1.807, 2.05) is 0 Å². The molecule has 0 spiro atoms. The van der Waals surface area contributed by atoms with Gasteiger partial charge in [-0.25, -0.2) is 9.78 Å². The van der Waals surface area contributed by atoms with E-state index >= 15 is 0 Å². The zero-order valence-corrected chi connectivity index (χ0v) is 9.73. The van der Waals surface area contributed by atoms with Crippen molar-refractivity contribution >= 4 is 17.7 Å². The predicted molar refractivity (Wildman–Crippen MR) is 60.6 cm³/mol. The first-order valence-corrected chi connectivity index (χ1v) is 5.53. The van der Waals surface area contributed by atoms with Gasteiger partial charge in [0.2, 0.25) is 11.6 Å². The summed E-state index contributed by atoms with van der Waals surface area (Å²) in [6.45, 7) is 0. The average molecular weight is 251 g/mol. The minimum atomic E-state index is -1.09. The molecule has 0 aromatic carbocycles. The van der Waals surface area contributed by atoms with Crippen LogP contribution in [-0.2, 0) is 0 Å². The van der Waals surface area contributed by atoms with Gasteiger partial charge < -0.3 is 14.3 Å². The maximum Gasteiger partial charge on any atom is 0.371 e. The fraction of sp³-hybridized carbons (Fsp3) is 0.0909. The lowest BCUT2D eigenvalue weighted by atomic mass is 10.5. The average Bonchev–Trinajstić information content (AvgIpc) is 2.78. The zero-order chi connectivity index (χ0) is 12.3. The Morgan fingerprint density at radius 3 is 2.88 bits per heavy atom. The van der Waals surface area contributed by atoms with Crippen LogP contribution >= 0.6 is 11.8 Å². The second-order valence-corrected chi connectivity index (χ2v) is 4.07. The fourth-order valence-corrected chi connectivity index (χ4v) is 1.92. The first kappa shape index (κ1) is 11.5. The highest BCUT2D eigenvalue weighted by Gasteiger charge is 2.10. The van der Waals surface area contributed by atoms with Crippen molar-refractivity contribution < 1.29 is 19.1 Å². The monoisotopic (exact) mass is 251 g/mol. The molecule has 88 valence electrons. The third-order valence-electron chi connectivity index (χ3n) is 1.90. The van der Waals surface area contributed by atoms with Gasteiger partial charge in [-0.15, -0.1) is 0 Å². The van der Waals surface area contributed by atoms with Gasteiger partial charge in [-0.05, 0) is 30.0 Å². The Bertz CT molecular complexity index is 538. The fourth-order valence-electron chi connectivity index (χ4n) is 1.16. The second kappa shape index (κ2) is 4.92. The van der Waals surface area contributed by atoms with Crippen molar-refractivity contribution in [1.82, 2.24) is 4.98 Å². The molecule has 0 unspecified atom stereocenters. The number of pyridine rings is 1. The summed E-state index contributed by atoms with van der Waals surface area (Å²) in [5.41, 5.74) is 0. The van der Waals surface area contributed by atoms with E-state index < -0.39 is 5.97 Å². The molecule has 6 heteroatoms. The Morgan fingerprint density at radius 1 is 1.41 bits per heavy atom. The van der Waals surface area contributed by atoms with E-state index in [2.05, 4.69) is 4.98 Å². The number of ether oxygens (including phenoxy) is 1. The maximum atomic E-state index is 10.6. The molecule has 0 aliphatic rings. The van der Waals surface area contributed by atoms with Crippen LogP contribution in [0.1, 0.15) is 10.6 Å². The van der Waals surface area contributed by atoms with Crippen molar-refractivity contribution in [2.75, 3.05) is 7.11 Å². The van der Waals surface area contributed by atoms with Gasteiger partial charge in [-0.3, -0.25) is 0 Å². The molecule has 0 radical (unpaired) electrons. The van der Waals surface area contributed by atoms with E-state index in [4.69, 9.17) is 14.3 Å². The topological polar surface area (TPSA) is 72.6 Å². The maximum absolute atomic E-state index is 10.6. The lowest BCUT2D eigenvalue weighted by molar-refractivity contribution is 0.0656. The molecule has 0 aliphatic heterocycles. The van der Waals surface area contributed by atoms with Crippen LogP contribution in [0.2, 0.25) is 0 Å². The van der Waals surface area contributed by atoms with Gasteiger partial charge in [0.1, 0.15) is 5.03 Å². The quantitative estimate of drug-likeness (QED) is 0.900. The summed E-state index contributed by atoms with van der Waals surface area (Å²) in [4.78, 5) is 14.8.